The maximum absolute atomic E-state index is 13.2. The van der Waals surface area contributed by atoms with E-state index in [0.717, 1.165) is 43.5 Å². The lowest BCUT2D eigenvalue weighted by Crippen LogP contribution is -2.42. The molecule has 1 aromatic rings. The minimum absolute atomic E-state index is 0.00556. The standard InChI is InChI=1S/C17H25N3O3S/c1-2-10-20(14-8-9-18-12-14)24(22,23)15-6-7-16-13(11-15)4-3-5-17(21)19-16/h6-7,11,14,18H,2-5,8-10,12H2,1H3,(H,19,21). The number of hydrogen-bond acceptors (Lipinski definition) is 4. The number of aryl methyl sites for hydroxylation is 1. The molecule has 132 valence electrons. The van der Waals surface area contributed by atoms with Crippen LogP contribution in [0.1, 0.15) is 38.2 Å². The van der Waals surface area contributed by atoms with E-state index in [1.54, 1.807) is 22.5 Å². The molecular weight excluding hydrogens is 326 g/mol. The summed E-state index contributed by atoms with van der Waals surface area (Å²) in [5.74, 6) is -0.00556. The molecule has 6 nitrogen and oxygen atoms in total. The Bertz CT molecular complexity index is 712. The number of hydrogen-bond donors (Lipinski definition) is 2. The van der Waals surface area contributed by atoms with E-state index in [-0.39, 0.29) is 11.9 Å². The first-order valence-corrected chi connectivity index (χ1v) is 10.1. The second-order valence-electron chi connectivity index (χ2n) is 6.48. The first-order chi connectivity index (χ1) is 11.5. The number of nitrogens with zero attached hydrogens (tertiary/aromatic N) is 1. The van der Waals surface area contributed by atoms with E-state index < -0.39 is 10.0 Å². The molecule has 0 bridgehead atoms. The lowest BCUT2D eigenvalue weighted by Gasteiger charge is -2.27. The lowest BCUT2D eigenvalue weighted by molar-refractivity contribution is -0.116. The zero-order chi connectivity index (χ0) is 17.2. The number of rotatable bonds is 5. The van der Waals surface area contributed by atoms with Gasteiger partial charge in [-0.25, -0.2) is 8.42 Å². The van der Waals surface area contributed by atoms with E-state index >= 15 is 0 Å². The maximum atomic E-state index is 13.2. The molecular formula is C17H25N3O3S. The van der Waals surface area contributed by atoms with Crippen molar-refractivity contribution in [1.29, 1.82) is 0 Å². The van der Waals surface area contributed by atoms with E-state index in [1.165, 1.54) is 0 Å². The maximum Gasteiger partial charge on any atom is 0.243 e. The molecule has 0 aliphatic carbocycles. The Balaban J connectivity index is 1.93. The molecule has 2 aliphatic heterocycles. The number of benzene rings is 1. The quantitative estimate of drug-likeness (QED) is 0.847. The number of anilines is 1. The molecule has 2 heterocycles. The van der Waals surface area contributed by atoms with Crippen molar-refractivity contribution in [3.8, 4) is 0 Å². The number of fused-ring (bicyclic) bond motifs is 1. The van der Waals surface area contributed by atoms with Gasteiger partial charge in [0.15, 0.2) is 0 Å². The van der Waals surface area contributed by atoms with Gasteiger partial charge in [0.25, 0.3) is 0 Å². The molecule has 1 unspecified atom stereocenters. The molecule has 1 amide bonds. The highest BCUT2D eigenvalue weighted by Crippen LogP contribution is 2.28. The van der Waals surface area contributed by atoms with Crippen LogP contribution in [0.5, 0.6) is 0 Å². The fraction of sp³-hybridized carbons (Fsp3) is 0.588. The van der Waals surface area contributed by atoms with Gasteiger partial charge in [-0.3, -0.25) is 4.79 Å². The van der Waals surface area contributed by atoms with Gasteiger partial charge in [-0.05, 0) is 56.0 Å². The van der Waals surface area contributed by atoms with Crippen molar-refractivity contribution in [3.63, 3.8) is 0 Å². The Morgan fingerprint density at radius 1 is 1.29 bits per heavy atom. The van der Waals surface area contributed by atoms with Gasteiger partial charge in [-0.15, -0.1) is 0 Å². The third kappa shape index (κ3) is 3.48. The normalized spacial score (nSPS) is 21.4. The Hall–Kier alpha value is -1.44. The number of carbonyl (C=O) groups is 1. The molecule has 1 fully saturated rings. The van der Waals surface area contributed by atoms with E-state index in [9.17, 15) is 13.2 Å². The van der Waals surface area contributed by atoms with Crippen LogP contribution in [-0.4, -0.2) is 44.3 Å². The van der Waals surface area contributed by atoms with E-state index in [1.807, 2.05) is 6.92 Å². The summed E-state index contributed by atoms with van der Waals surface area (Å²) in [5, 5.41) is 6.10. The third-order valence-corrected chi connectivity index (χ3v) is 6.64. The second kappa shape index (κ2) is 7.21. The van der Waals surface area contributed by atoms with Crippen molar-refractivity contribution in [2.75, 3.05) is 25.0 Å². The van der Waals surface area contributed by atoms with Crippen LogP contribution in [-0.2, 0) is 21.2 Å². The van der Waals surface area contributed by atoms with Crippen LogP contribution in [0.3, 0.4) is 0 Å². The summed E-state index contributed by atoms with van der Waals surface area (Å²) in [6.07, 6.45) is 3.58. The molecule has 2 N–H and O–H groups in total. The van der Waals surface area contributed by atoms with Crippen molar-refractivity contribution in [2.45, 2.75) is 50.0 Å². The zero-order valence-electron chi connectivity index (χ0n) is 14.0. The molecule has 0 spiro atoms. The molecule has 1 saturated heterocycles. The topological polar surface area (TPSA) is 78.5 Å². The Kier molecular flexibility index (Phi) is 5.22. The van der Waals surface area contributed by atoms with Gasteiger partial charge in [0.2, 0.25) is 15.9 Å². The van der Waals surface area contributed by atoms with Crippen molar-refractivity contribution in [1.82, 2.24) is 9.62 Å². The van der Waals surface area contributed by atoms with E-state index in [0.29, 0.717) is 24.4 Å². The van der Waals surface area contributed by atoms with Gasteiger partial charge in [-0.2, -0.15) is 4.31 Å². The molecule has 7 heteroatoms. The highest BCUT2D eigenvalue weighted by Gasteiger charge is 2.33. The van der Waals surface area contributed by atoms with Crippen molar-refractivity contribution in [2.24, 2.45) is 0 Å². The fourth-order valence-electron chi connectivity index (χ4n) is 3.45. The predicted molar refractivity (Wildman–Crippen MR) is 93.5 cm³/mol. The highest BCUT2D eigenvalue weighted by molar-refractivity contribution is 7.89. The van der Waals surface area contributed by atoms with Gasteiger partial charge in [-0.1, -0.05) is 6.92 Å². The van der Waals surface area contributed by atoms with Gasteiger partial charge >= 0.3 is 0 Å². The Labute approximate surface area is 143 Å². The summed E-state index contributed by atoms with van der Waals surface area (Å²) in [6.45, 7) is 4.09. The first-order valence-electron chi connectivity index (χ1n) is 8.67. The minimum atomic E-state index is -3.52. The largest absolute Gasteiger partial charge is 0.326 e. The predicted octanol–water partition coefficient (Wildman–Crippen LogP) is 1.72. The molecule has 3 rings (SSSR count). The summed E-state index contributed by atoms with van der Waals surface area (Å²) in [6, 6.07) is 5.10. The summed E-state index contributed by atoms with van der Waals surface area (Å²) in [5.41, 5.74) is 1.64. The van der Waals surface area contributed by atoms with Crippen molar-refractivity contribution in [3.05, 3.63) is 23.8 Å². The molecule has 0 aromatic heterocycles. The van der Waals surface area contributed by atoms with Gasteiger partial charge < -0.3 is 10.6 Å². The molecule has 0 saturated carbocycles. The summed E-state index contributed by atoms with van der Waals surface area (Å²) < 4.78 is 28.0. The van der Waals surface area contributed by atoms with Crippen molar-refractivity contribution >= 4 is 21.6 Å². The molecule has 1 atom stereocenters. The molecule has 0 radical (unpaired) electrons. The smallest absolute Gasteiger partial charge is 0.243 e. The summed E-state index contributed by atoms with van der Waals surface area (Å²) >= 11 is 0. The van der Waals surface area contributed by atoms with Gasteiger partial charge in [0, 0.05) is 31.2 Å². The van der Waals surface area contributed by atoms with Crippen LogP contribution >= 0.6 is 0 Å². The number of carbonyl (C=O) groups excluding carboxylic acids is 1. The number of amides is 1. The number of nitrogens with one attached hydrogen (secondary N) is 2. The molecule has 2 aliphatic rings. The average molecular weight is 351 g/mol. The Morgan fingerprint density at radius 3 is 2.83 bits per heavy atom. The van der Waals surface area contributed by atoms with E-state index in [4.69, 9.17) is 0 Å². The monoisotopic (exact) mass is 351 g/mol. The average Bonchev–Trinajstić information content (AvgIpc) is 3.00. The van der Waals surface area contributed by atoms with Gasteiger partial charge in [0.1, 0.15) is 0 Å². The van der Waals surface area contributed by atoms with Crippen LogP contribution in [0.25, 0.3) is 0 Å². The zero-order valence-corrected chi connectivity index (χ0v) is 14.9. The Morgan fingerprint density at radius 2 is 2.12 bits per heavy atom. The lowest BCUT2D eigenvalue weighted by atomic mass is 10.1. The van der Waals surface area contributed by atoms with Crippen molar-refractivity contribution < 1.29 is 13.2 Å². The SMILES string of the molecule is CCCN(C1CCNC1)S(=O)(=O)c1ccc2c(c1)CCCC(=O)N2. The fourth-order valence-corrected chi connectivity index (χ4v) is 5.25. The van der Waals surface area contributed by atoms with Gasteiger partial charge in [0.05, 0.1) is 4.90 Å². The van der Waals surface area contributed by atoms with Crippen LogP contribution in [0.15, 0.2) is 23.1 Å². The number of sulfonamides is 1. The highest BCUT2D eigenvalue weighted by atomic mass is 32.2. The van der Waals surface area contributed by atoms with E-state index in [2.05, 4.69) is 10.6 Å². The van der Waals surface area contributed by atoms with Crippen LogP contribution in [0, 0.1) is 0 Å². The molecule has 24 heavy (non-hydrogen) atoms. The van der Waals surface area contributed by atoms with Crippen LogP contribution in [0.2, 0.25) is 0 Å². The van der Waals surface area contributed by atoms with Crippen LogP contribution < -0.4 is 10.6 Å². The summed E-state index contributed by atoms with van der Waals surface area (Å²) in [4.78, 5) is 12.0. The van der Waals surface area contributed by atoms with Crippen LogP contribution in [0.4, 0.5) is 5.69 Å². The molecule has 1 aromatic carbocycles. The summed E-state index contributed by atoms with van der Waals surface area (Å²) in [7, 11) is -3.52. The third-order valence-electron chi connectivity index (χ3n) is 4.69. The first kappa shape index (κ1) is 17.4. The minimum Gasteiger partial charge on any atom is -0.326 e. The second-order valence-corrected chi connectivity index (χ2v) is 8.37.